The Morgan fingerprint density at radius 1 is 1.47 bits per heavy atom. The van der Waals surface area contributed by atoms with E-state index in [1.54, 1.807) is 6.07 Å². The molecule has 0 bridgehead atoms. The van der Waals surface area contributed by atoms with Crippen molar-refractivity contribution < 1.29 is 12.8 Å². The maximum absolute atomic E-state index is 11.4. The molecule has 1 aromatic carbocycles. The fourth-order valence-electron chi connectivity index (χ4n) is 1.55. The van der Waals surface area contributed by atoms with Crippen LogP contribution in [0.25, 0.3) is 11.1 Å². The fourth-order valence-corrected chi connectivity index (χ4v) is 2.19. The van der Waals surface area contributed by atoms with E-state index in [1.165, 1.54) is 12.1 Å². The molecule has 1 unspecified atom stereocenters. The van der Waals surface area contributed by atoms with Gasteiger partial charge < -0.3 is 10.2 Å². The van der Waals surface area contributed by atoms with Crippen molar-refractivity contribution in [1.82, 2.24) is 4.98 Å². The zero-order valence-corrected chi connectivity index (χ0v) is 10.5. The Kier molecular flexibility index (Phi) is 2.92. The maximum atomic E-state index is 11.4. The van der Waals surface area contributed by atoms with Gasteiger partial charge in [-0.25, -0.2) is 13.4 Å². The molecule has 0 aliphatic rings. The van der Waals surface area contributed by atoms with Gasteiger partial charge in [0.2, 0.25) is 0 Å². The van der Waals surface area contributed by atoms with Gasteiger partial charge in [0.05, 0.1) is 4.90 Å². The smallest absolute Gasteiger partial charge is 0.197 e. The van der Waals surface area contributed by atoms with Gasteiger partial charge in [-0.3, -0.25) is 0 Å². The van der Waals surface area contributed by atoms with Crippen LogP contribution in [0.3, 0.4) is 0 Å². The van der Waals surface area contributed by atoms with Gasteiger partial charge in [0.25, 0.3) is 0 Å². The predicted octanol–water partition coefficient (Wildman–Crippen LogP) is 1.12. The summed E-state index contributed by atoms with van der Waals surface area (Å²) in [6, 6.07) is 4.60. The summed E-state index contributed by atoms with van der Waals surface area (Å²) >= 11 is 0. The van der Waals surface area contributed by atoms with E-state index in [0.717, 1.165) is 6.26 Å². The minimum absolute atomic E-state index is 0.0440. The van der Waals surface area contributed by atoms with E-state index >= 15 is 0 Å². The maximum Gasteiger partial charge on any atom is 0.197 e. The third kappa shape index (κ3) is 2.65. The molecule has 0 aliphatic carbocycles. The number of rotatable bonds is 3. The quantitative estimate of drug-likeness (QED) is 0.887. The Morgan fingerprint density at radius 3 is 2.76 bits per heavy atom. The molecule has 0 fully saturated rings. The van der Waals surface area contributed by atoms with Gasteiger partial charge in [0.1, 0.15) is 5.52 Å². The van der Waals surface area contributed by atoms with Gasteiger partial charge in [-0.1, -0.05) is 0 Å². The normalized spacial score (nSPS) is 14.1. The first kappa shape index (κ1) is 12.1. The summed E-state index contributed by atoms with van der Waals surface area (Å²) in [5, 5.41) is 0. The molecule has 1 heterocycles. The lowest BCUT2D eigenvalue weighted by Crippen LogP contribution is -2.17. The second kappa shape index (κ2) is 4.12. The standard InChI is InChI=1S/C11H14N2O3S/c1-7(12)5-11-13-9-6-8(17(2,14)15)3-4-10(9)16-11/h3-4,6-7H,5,12H2,1-2H3. The highest BCUT2D eigenvalue weighted by atomic mass is 32.2. The van der Waals surface area contributed by atoms with Crippen LogP contribution >= 0.6 is 0 Å². The average molecular weight is 254 g/mol. The first-order valence-corrected chi connectivity index (χ1v) is 7.10. The van der Waals surface area contributed by atoms with Crippen LogP contribution in [0.15, 0.2) is 27.5 Å². The predicted molar refractivity (Wildman–Crippen MR) is 64.5 cm³/mol. The lowest BCUT2D eigenvalue weighted by Gasteiger charge is -1.97. The summed E-state index contributed by atoms with van der Waals surface area (Å²) in [5.74, 6) is 0.528. The number of aromatic nitrogens is 1. The van der Waals surface area contributed by atoms with Crippen molar-refractivity contribution in [2.45, 2.75) is 24.3 Å². The minimum atomic E-state index is -3.21. The average Bonchev–Trinajstić information content (AvgIpc) is 2.55. The van der Waals surface area contributed by atoms with Gasteiger partial charge in [-0.2, -0.15) is 0 Å². The molecule has 0 spiro atoms. The summed E-state index contributed by atoms with van der Waals surface area (Å²) in [4.78, 5) is 4.46. The number of hydrogen-bond acceptors (Lipinski definition) is 5. The summed E-state index contributed by atoms with van der Waals surface area (Å²) in [6.07, 6.45) is 1.69. The van der Waals surface area contributed by atoms with Crippen LogP contribution < -0.4 is 5.73 Å². The monoisotopic (exact) mass is 254 g/mol. The Bertz CT molecular complexity index is 644. The zero-order valence-electron chi connectivity index (χ0n) is 9.67. The molecule has 2 aromatic rings. The molecule has 0 saturated heterocycles. The van der Waals surface area contributed by atoms with Crippen LogP contribution in [0.4, 0.5) is 0 Å². The number of fused-ring (bicyclic) bond motifs is 1. The second-order valence-corrected chi connectivity index (χ2v) is 6.21. The van der Waals surface area contributed by atoms with Gasteiger partial charge in [0.15, 0.2) is 21.3 Å². The molecule has 6 heteroatoms. The Morgan fingerprint density at radius 2 is 2.18 bits per heavy atom. The van der Waals surface area contributed by atoms with Crippen molar-refractivity contribution in [3.63, 3.8) is 0 Å². The first-order chi connectivity index (χ1) is 7.86. The van der Waals surface area contributed by atoms with E-state index in [9.17, 15) is 8.42 Å². The molecule has 2 rings (SSSR count). The highest BCUT2D eigenvalue weighted by molar-refractivity contribution is 7.90. The molecular formula is C11H14N2O3S. The van der Waals surface area contributed by atoms with Gasteiger partial charge in [-0.15, -0.1) is 0 Å². The third-order valence-electron chi connectivity index (χ3n) is 2.33. The van der Waals surface area contributed by atoms with E-state index in [1.807, 2.05) is 6.92 Å². The van der Waals surface area contributed by atoms with Gasteiger partial charge in [0, 0.05) is 18.7 Å². The number of oxazole rings is 1. The summed E-state index contributed by atoms with van der Waals surface area (Å²) in [7, 11) is -3.21. The number of benzene rings is 1. The summed E-state index contributed by atoms with van der Waals surface area (Å²) < 4.78 is 28.2. The van der Waals surface area contributed by atoms with Crippen LogP contribution in [-0.4, -0.2) is 25.7 Å². The molecule has 92 valence electrons. The van der Waals surface area contributed by atoms with Gasteiger partial charge in [-0.05, 0) is 25.1 Å². The van der Waals surface area contributed by atoms with Crippen molar-refractivity contribution in [2.75, 3.05) is 6.26 Å². The largest absolute Gasteiger partial charge is 0.441 e. The van der Waals surface area contributed by atoms with Crippen LogP contribution in [0.2, 0.25) is 0 Å². The van der Waals surface area contributed by atoms with E-state index in [-0.39, 0.29) is 10.9 Å². The van der Waals surface area contributed by atoms with E-state index in [2.05, 4.69) is 4.98 Å². The van der Waals surface area contributed by atoms with Crippen LogP contribution in [-0.2, 0) is 16.3 Å². The Labute approximate surface area is 99.6 Å². The van der Waals surface area contributed by atoms with Crippen LogP contribution in [0.5, 0.6) is 0 Å². The van der Waals surface area contributed by atoms with Crippen molar-refractivity contribution in [2.24, 2.45) is 5.73 Å². The number of nitrogens with two attached hydrogens (primary N) is 1. The molecule has 0 saturated carbocycles. The fraction of sp³-hybridized carbons (Fsp3) is 0.364. The lowest BCUT2D eigenvalue weighted by atomic mass is 10.2. The summed E-state index contributed by atoms with van der Waals surface area (Å²) in [6.45, 7) is 1.86. The molecule has 5 nitrogen and oxygen atoms in total. The summed E-state index contributed by atoms with van der Waals surface area (Å²) in [5.41, 5.74) is 6.77. The number of hydrogen-bond donors (Lipinski definition) is 1. The highest BCUT2D eigenvalue weighted by Gasteiger charge is 2.12. The Balaban J connectivity index is 2.48. The molecule has 0 amide bonds. The van der Waals surface area contributed by atoms with E-state index < -0.39 is 9.84 Å². The van der Waals surface area contributed by atoms with E-state index in [0.29, 0.717) is 23.4 Å². The van der Waals surface area contributed by atoms with Gasteiger partial charge >= 0.3 is 0 Å². The molecule has 2 N–H and O–H groups in total. The lowest BCUT2D eigenvalue weighted by molar-refractivity contribution is 0.506. The molecule has 17 heavy (non-hydrogen) atoms. The van der Waals surface area contributed by atoms with Crippen molar-refractivity contribution in [3.05, 3.63) is 24.1 Å². The van der Waals surface area contributed by atoms with Crippen molar-refractivity contribution >= 4 is 20.9 Å². The molecule has 0 aliphatic heterocycles. The van der Waals surface area contributed by atoms with Crippen LogP contribution in [0, 0.1) is 0 Å². The van der Waals surface area contributed by atoms with Crippen molar-refractivity contribution in [3.8, 4) is 0 Å². The molecular weight excluding hydrogens is 240 g/mol. The van der Waals surface area contributed by atoms with E-state index in [4.69, 9.17) is 10.2 Å². The molecule has 1 atom stereocenters. The minimum Gasteiger partial charge on any atom is -0.441 e. The number of sulfone groups is 1. The Hall–Kier alpha value is -1.40. The second-order valence-electron chi connectivity index (χ2n) is 4.19. The SMILES string of the molecule is CC(N)Cc1nc2cc(S(C)(=O)=O)ccc2o1. The molecule has 1 aromatic heterocycles. The zero-order chi connectivity index (χ0) is 12.6. The number of nitrogens with zero attached hydrogens (tertiary/aromatic N) is 1. The topological polar surface area (TPSA) is 86.2 Å². The molecule has 0 radical (unpaired) electrons. The van der Waals surface area contributed by atoms with Crippen LogP contribution in [0.1, 0.15) is 12.8 Å². The van der Waals surface area contributed by atoms with Crippen molar-refractivity contribution in [1.29, 1.82) is 0 Å². The third-order valence-corrected chi connectivity index (χ3v) is 3.44. The highest BCUT2D eigenvalue weighted by Crippen LogP contribution is 2.20. The first-order valence-electron chi connectivity index (χ1n) is 5.21.